The van der Waals surface area contributed by atoms with E-state index in [9.17, 15) is 5.11 Å². The first-order chi connectivity index (χ1) is 10.7. The van der Waals surface area contributed by atoms with Crippen LogP contribution in [-0.4, -0.2) is 21.4 Å². The maximum absolute atomic E-state index is 10.3. The lowest BCUT2D eigenvalue weighted by molar-refractivity contribution is 0.174. The second kappa shape index (κ2) is 6.85. The molecule has 1 atom stereocenters. The van der Waals surface area contributed by atoms with Gasteiger partial charge in [0.05, 0.1) is 17.3 Å². The predicted octanol–water partition coefficient (Wildman–Crippen LogP) is 3.39. The van der Waals surface area contributed by atoms with Crippen molar-refractivity contribution in [3.63, 3.8) is 0 Å². The molecule has 2 aromatic rings. The largest absolute Gasteiger partial charge is 0.387 e. The first kappa shape index (κ1) is 17.7. The lowest BCUT2D eigenvalue weighted by Crippen LogP contribution is -2.25. The van der Waals surface area contributed by atoms with E-state index in [4.69, 9.17) is 0 Å². The van der Waals surface area contributed by atoms with Crippen LogP contribution in [0.2, 0.25) is 0 Å². The molecule has 0 spiro atoms. The molecule has 0 saturated heterocycles. The average Bonchev–Trinajstić information content (AvgIpc) is 2.75. The third-order valence-corrected chi connectivity index (χ3v) is 4.14. The Labute approximate surface area is 139 Å². The third kappa shape index (κ3) is 4.21. The predicted molar refractivity (Wildman–Crippen MR) is 94.5 cm³/mol. The summed E-state index contributed by atoms with van der Waals surface area (Å²) in [4.78, 5) is 0. The van der Waals surface area contributed by atoms with Crippen LogP contribution in [0, 0.1) is 20.8 Å². The smallest absolute Gasteiger partial charge is 0.0914 e. The minimum absolute atomic E-state index is 0.0197. The van der Waals surface area contributed by atoms with Gasteiger partial charge < -0.3 is 10.4 Å². The average molecular weight is 315 g/mol. The molecule has 0 amide bonds. The molecule has 1 aromatic carbocycles. The molecule has 0 aliphatic rings. The molecule has 4 nitrogen and oxygen atoms in total. The molecule has 1 unspecified atom stereocenters. The van der Waals surface area contributed by atoms with Crippen molar-refractivity contribution in [1.82, 2.24) is 15.1 Å². The second-order valence-corrected chi connectivity index (χ2v) is 7.29. The number of hydrogen-bond donors (Lipinski definition) is 2. The van der Waals surface area contributed by atoms with Gasteiger partial charge in [-0.15, -0.1) is 0 Å². The summed E-state index contributed by atoms with van der Waals surface area (Å²) in [5.74, 6) is 0. The Morgan fingerprint density at radius 3 is 2.48 bits per heavy atom. The van der Waals surface area contributed by atoms with E-state index >= 15 is 0 Å². The number of aliphatic hydroxyl groups excluding tert-OH is 1. The molecule has 126 valence electrons. The maximum Gasteiger partial charge on any atom is 0.0914 e. The van der Waals surface area contributed by atoms with Crippen molar-refractivity contribution in [3.05, 3.63) is 52.3 Å². The van der Waals surface area contributed by atoms with E-state index in [0.29, 0.717) is 6.54 Å². The number of nitrogens with zero attached hydrogens (tertiary/aromatic N) is 2. The Bertz CT molecular complexity index is 668. The molecular formula is C19H29N3O. The number of aliphatic hydroxyl groups is 1. The van der Waals surface area contributed by atoms with E-state index in [1.807, 2.05) is 38.1 Å². The van der Waals surface area contributed by atoms with Gasteiger partial charge in [-0.05, 0) is 47.1 Å². The van der Waals surface area contributed by atoms with Crippen LogP contribution in [0.4, 0.5) is 0 Å². The molecule has 0 bridgehead atoms. The molecule has 4 heteroatoms. The number of hydrogen-bond acceptors (Lipinski definition) is 3. The van der Waals surface area contributed by atoms with Gasteiger partial charge in [-0.2, -0.15) is 5.10 Å². The number of rotatable bonds is 5. The zero-order chi connectivity index (χ0) is 17.2. The molecule has 0 aliphatic heterocycles. The minimum Gasteiger partial charge on any atom is -0.387 e. The van der Waals surface area contributed by atoms with Crippen LogP contribution in [0.3, 0.4) is 0 Å². The quantitative estimate of drug-likeness (QED) is 0.889. The molecule has 2 N–H and O–H groups in total. The zero-order valence-electron chi connectivity index (χ0n) is 15.1. The van der Waals surface area contributed by atoms with E-state index in [-0.39, 0.29) is 5.54 Å². The van der Waals surface area contributed by atoms with E-state index in [1.54, 1.807) is 0 Å². The number of nitrogens with one attached hydrogen (secondary N) is 1. The monoisotopic (exact) mass is 315 g/mol. The van der Waals surface area contributed by atoms with Gasteiger partial charge in [0.1, 0.15) is 0 Å². The van der Waals surface area contributed by atoms with Gasteiger partial charge in [0, 0.05) is 24.3 Å². The summed E-state index contributed by atoms with van der Waals surface area (Å²) >= 11 is 0. The summed E-state index contributed by atoms with van der Waals surface area (Å²) < 4.78 is 2.08. The Hall–Kier alpha value is -1.65. The summed E-state index contributed by atoms with van der Waals surface area (Å²) in [5.41, 5.74) is 5.56. The number of aryl methyl sites for hydroxylation is 2. The molecule has 0 radical (unpaired) electrons. The summed E-state index contributed by atoms with van der Waals surface area (Å²) in [7, 11) is 0. The van der Waals surface area contributed by atoms with Gasteiger partial charge in [0.25, 0.3) is 0 Å². The van der Waals surface area contributed by atoms with Crippen LogP contribution in [0.1, 0.15) is 55.0 Å². The third-order valence-electron chi connectivity index (χ3n) is 4.14. The SMILES string of the molecule is Cc1cccc(C(O)CNCc2c(C)nn(C(C)(C)C)c2C)c1. The highest BCUT2D eigenvalue weighted by Crippen LogP contribution is 2.21. The fourth-order valence-corrected chi connectivity index (χ4v) is 2.91. The Morgan fingerprint density at radius 2 is 1.91 bits per heavy atom. The van der Waals surface area contributed by atoms with Gasteiger partial charge in [0.2, 0.25) is 0 Å². The molecule has 0 fully saturated rings. The zero-order valence-corrected chi connectivity index (χ0v) is 15.1. The van der Waals surface area contributed by atoms with E-state index in [2.05, 4.69) is 42.8 Å². The fraction of sp³-hybridized carbons (Fsp3) is 0.526. The minimum atomic E-state index is -0.492. The Morgan fingerprint density at radius 1 is 1.22 bits per heavy atom. The summed E-state index contributed by atoms with van der Waals surface area (Å²) in [6.07, 6.45) is -0.492. The highest BCUT2D eigenvalue weighted by Gasteiger charge is 2.20. The van der Waals surface area contributed by atoms with Crippen molar-refractivity contribution >= 4 is 0 Å². The highest BCUT2D eigenvalue weighted by molar-refractivity contribution is 5.26. The first-order valence-corrected chi connectivity index (χ1v) is 8.21. The molecule has 0 aliphatic carbocycles. The maximum atomic E-state index is 10.3. The van der Waals surface area contributed by atoms with Gasteiger partial charge in [-0.25, -0.2) is 0 Å². The molecule has 1 heterocycles. The van der Waals surface area contributed by atoms with E-state index in [0.717, 1.165) is 17.8 Å². The van der Waals surface area contributed by atoms with Crippen LogP contribution in [-0.2, 0) is 12.1 Å². The summed E-state index contributed by atoms with van der Waals surface area (Å²) in [5, 5.41) is 18.3. The molecule has 1 aromatic heterocycles. The van der Waals surface area contributed by atoms with Crippen molar-refractivity contribution in [2.45, 2.75) is 59.7 Å². The van der Waals surface area contributed by atoms with Crippen molar-refractivity contribution in [1.29, 1.82) is 0 Å². The van der Waals surface area contributed by atoms with Crippen LogP contribution < -0.4 is 5.32 Å². The Kier molecular flexibility index (Phi) is 5.27. The topological polar surface area (TPSA) is 50.1 Å². The molecule has 2 rings (SSSR count). The highest BCUT2D eigenvalue weighted by atomic mass is 16.3. The fourth-order valence-electron chi connectivity index (χ4n) is 2.91. The molecular weight excluding hydrogens is 286 g/mol. The van der Waals surface area contributed by atoms with Crippen molar-refractivity contribution in [2.24, 2.45) is 0 Å². The van der Waals surface area contributed by atoms with Crippen molar-refractivity contribution in [3.8, 4) is 0 Å². The van der Waals surface area contributed by atoms with Crippen LogP contribution in [0.15, 0.2) is 24.3 Å². The number of aromatic nitrogens is 2. The van der Waals surface area contributed by atoms with Crippen LogP contribution >= 0.6 is 0 Å². The van der Waals surface area contributed by atoms with E-state index < -0.39 is 6.10 Å². The van der Waals surface area contributed by atoms with Crippen LogP contribution in [0.5, 0.6) is 0 Å². The van der Waals surface area contributed by atoms with Gasteiger partial charge >= 0.3 is 0 Å². The Balaban J connectivity index is 2.01. The summed E-state index contributed by atoms with van der Waals surface area (Å²) in [6.45, 7) is 13.9. The number of benzene rings is 1. The first-order valence-electron chi connectivity index (χ1n) is 8.21. The van der Waals surface area contributed by atoms with Crippen molar-refractivity contribution < 1.29 is 5.11 Å². The molecule has 0 saturated carbocycles. The van der Waals surface area contributed by atoms with E-state index in [1.165, 1.54) is 16.8 Å². The van der Waals surface area contributed by atoms with Gasteiger partial charge in [-0.3, -0.25) is 4.68 Å². The lowest BCUT2D eigenvalue weighted by Gasteiger charge is -2.21. The molecule has 23 heavy (non-hydrogen) atoms. The normalized spacial score (nSPS) is 13.3. The second-order valence-electron chi connectivity index (χ2n) is 7.29. The lowest BCUT2D eigenvalue weighted by atomic mass is 10.1. The van der Waals surface area contributed by atoms with Gasteiger partial charge in [-0.1, -0.05) is 29.8 Å². The van der Waals surface area contributed by atoms with Crippen molar-refractivity contribution in [2.75, 3.05) is 6.54 Å². The summed E-state index contributed by atoms with van der Waals surface area (Å²) in [6, 6.07) is 8.01. The van der Waals surface area contributed by atoms with Gasteiger partial charge in [0.15, 0.2) is 0 Å². The standard InChI is InChI=1S/C19H29N3O/c1-13-8-7-9-16(10-13)18(23)12-20-11-17-14(2)21-22(15(17)3)19(4,5)6/h7-10,18,20,23H,11-12H2,1-6H3. The van der Waals surface area contributed by atoms with Crippen LogP contribution in [0.25, 0.3) is 0 Å².